The summed E-state index contributed by atoms with van der Waals surface area (Å²) in [6.07, 6.45) is -3.60. The second-order valence-electron chi connectivity index (χ2n) is 5.50. The molecular weight excluding hydrogens is 279 g/mol. The molecule has 0 aromatic heterocycles. The van der Waals surface area contributed by atoms with Crippen LogP contribution in [-0.2, 0) is 10.9 Å². The van der Waals surface area contributed by atoms with Gasteiger partial charge in [0.05, 0.1) is 17.7 Å². The van der Waals surface area contributed by atoms with Crippen LogP contribution in [0, 0.1) is 5.92 Å². The summed E-state index contributed by atoms with van der Waals surface area (Å²) in [5.41, 5.74) is -0.0132. The van der Waals surface area contributed by atoms with E-state index in [0.29, 0.717) is 5.56 Å². The Morgan fingerprint density at radius 2 is 1.90 bits per heavy atom. The Morgan fingerprint density at radius 1 is 1.24 bits per heavy atom. The number of alkyl halides is 3. The maximum atomic E-state index is 12.9. The number of nitrogens with one attached hydrogen (secondary N) is 1. The van der Waals surface area contributed by atoms with E-state index in [-0.39, 0.29) is 18.1 Å². The zero-order valence-corrected chi connectivity index (χ0v) is 13.0. The van der Waals surface area contributed by atoms with Crippen molar-refractivity contribution in [2.24, 2.45) is 5.92 Å². The number of halogens is 3. The van der Waals surface area contributed by atoms with Gasteiger partial charge in [-0.1, -0.05) is 32.9 Å². The Bertz CT molecular complexity index is 432. The van der Waals surface area contributed by atoms with Crippen molar-refractivity contribution in [1.29, 1.82) is 0 Å². The van der Waals surface area contributed by atoms with Crippen molar-refractivity contribution in [3.63, 3.8) is 0 Å². The van der Waals surface area contributed by atoms with Crippen LogP contribution in [-0.4, -0.2) is 19.8 Å². The molecule has 0 amide bonds. The third-order valence-corrected chi connectivity index (χ3v) is 3.45. The van der Waals surface area contributed by atoms with Gasteiger partial charge in [-0.2, -0.15) is 13.2 Å². The smallest absolute Gasteiger partial charge is 0.379 e. The van der Waals surface area contributed by atoms with Crippen LogP contribution in [0.1, 0.15) is 44.4 Å². The highest BCUT2D eigenvalue weighted by Gasteiger charge is 2.32. The molecule has 0 fully saturated rings. The molecule has 2 nitrogen and oxygen atoms in total. The molecule has 0 spiro atoms. The first-order chi connectivity index (χ1) is 9.81. The Morgan fingerprint density at radius 3 is 2.38 bits per heavy atom. The number of hydrogen-bond donors (Lipinski definition) is 1. The second-order valence-corrected chi connectivity index (χ2v) is 5.50. The minimum absolute atomic E-state index is 0.181. The molecule has 120 valence electrons. The summed E-state index contributed by atoms with van der Waals surface area (Å²) in [5, 5.41) is 3.30. The lowest BCUT2D eigenvalue weighted by atomic mass is 9.92. The number of hydrogen-bond acceptors (Lipinski definition) is 2. The van der Waals surface area contributed by atoms with Crippen LogP contribution >= 0.6 is 0 Å². The Kier molecular flexibility index (Phi) is 6.68. The molecule has 2 atom stereocenters. The van der Waals surface area contributed by atoms with E-state index in [9.17, 15) is 13.2 Å². The molecule has 1 aromatic carbocycles. The fourth-order valence-electron chi connectivity index (χ4n) is 2.43. The fourth-order valence-corrected chi connectivity index (χ4v) is 2.43. The van der Waals surface area contributed by atoms with Gasteiger partial charge in [0.15, 0.2) is 0 Å². The van der Waals surface area contributed by atoms with Crippen LogP contribution in [0.3, 0.4) is 0 Å². The summed E-state index contributed by atoms with van der Waals surface area (Å²) in [5.74, 6) is 0.193. The molecule has 5 heteroatoms. The Hall–Kier alpha value is -1.07. The van der Waals surface area contributed by atoms with E-state index in [1.807, 2.05) is 20.8 Å². The molecule has 0 aliphatic carbocycles. The first-order valence-electron chi connectivity index (χ1n) is 7.24. The predicted octanol–water partition coefficient (Wildman–Crippen LogP) is 4.42. The van der Waals surface area contributed by atoms with Crippen LogP contribution < -0.4 is 5.32 Å². The summed E-state index contributed by atoms with van der Waals surface area (Å²) in [4.78, 5) is 0. The van der Waals surface area contributed by atoms with Gasteiger partial charge in [0, 0.05) is 7.11 Å². The van der Waals surface area contributed by atoms with E-state index >= 15 is 0 Å². The van der Waals surface area contributed by atoms with E-state index < -0.39 is 11.7 Å². The molecule has 0 heterocycles. The number of methoxy groups -OCH3 is 1. The summed E-state index contributed by atoms with van der Waals surface area (Å²) in [7, 11) is 1.60. The summed E-state index contributed by atoms with van der Waals surface area (Å²) in [6.45, 7) is 6.76. The van der Waals surface area contributed by atoms with Gasteiger partial charge in [-0.15, -0.1) is 0 Å². The van der Waals surface area contributed by atoms with E-state index in [2.05, 4.69) is 5.32 Å². The maximum Gasteiger partial charge on any atom is 0.416 e. The van der Waals surface area contributed by atoms with Gasteiger partial charge in [-0.05, 0) is 36.6 Å². The molecule has 0 aliphatic heterocycles. The zero-order valence-electron chi connectivity index (χ0n) is 13.0. The van der Waals surface area contributed by atoms with Crippen LogP contribution in [0.2, 0.25) is 0 Å². The van der Waals surface area contributed by atoms with Crippen LogP contribution in [0.25, 0.3) is 0 Å². The molecule has 0 saturated carbocycles. The van der Waals surface area contributed by atoms with E-state index in [0.717, 1.165) is 19.0 Å². The van der Waals surface area contributed by atoms with Crippen molar-refractivity contribution in [1.82, 2.24) is 5.32 Å². The Labute approximate surface area is 124 Å². The quantitative estimate of drug-likeness (QED) is 0.805. The molecule has 1 rings (SSSR count). The first-order valence-corrected chi connectivity index (χ1v) is 7.24. The Balaban J connectivity index is 3.13. The van der Waals surface area contributed by atoms with Crippen LogP contribution in [0.5, 0.6) is 0 Å². The van der Waals surface area contributed by atoms with Crippen molar-refractivity contribution < 1.29 is 17.9 Å². The number of ether oxygens (including phenoxy) is 1. The molecular formula is C16H24F3NO. The lowest BCUT2D eigenvalue weighted by Crippen LogP contribution is -2.37. The average Bonchev–Trinajstić information content (AvgIpc) is 2.42. The first kappa shape index (κ1) is 18.0. The molecule has 0 bridgehead atoms. The average molecular weight is 303 g/mol. The van der Waals surface area contributed by atoms with E-state index in [1.54, 1.807) is 13.2 Å². The largest absolute Gasteiger partial charge is 0.416 e. The third-order valence-electron chi connectivity index (χ3n) is 3.45. The molecule has 0 saturated heterocycles. The lowest BCUT2D eigenvalue weighted by Gasteiger charge is -2.30. The number of rotatable bonds is 7. The van der Waals surface area contributed by atoms with Gasteiger partial charge in [-0.3, -0.25) is 0 Å². The highest BCUT2D eigenvalue weighted by Crippen LogP contribution is 2.32. The van der Waals surface area contributed by atoms with Gasteiger partial charge < -0.3 is 10.1 Å². The molecule has 0 aliphatic rings. The minimum Gasteiger partial charge on any atom is -0.379 e. The van der Waals surface area contributed by atoms with Gasteiger partial charge >= 0.3 is 6.18 Å². The van der Waals surface area contributed by atoms with Crippen molar-refractivity contribution in [3.8, 4) is 0 Å². The topological polar surface area (TPSA) is 21.3 Å². The summed E-state index contributed by atoms with van der Waals surface area (Å²) in [6, 6.07) is 5.22. The van der Waals surface area contributed by atoms with Crippen molar-refractivity contribution in [2.45, 2.75) is 45.5 Å². The minimum atomic E-state index is -4.33. The van der Waals surface area contributed by atoms with Crippen LogP contribution in [0.15, 0.2) is 24.3 Å². The monoisotopic (exact) mass is 303 g/mol. The van der Waals surface area contributed by atoms with E-state index in [4.69, 9.17) is 4.74 Å². The fraction of sp³-hybridized carbons (Fsp3) is 0.625. The zero-order chi connectivity index (χ0) is 16.0. The van der Waals surface area contributed by atoms with Crippen molar-refractivity contribution >= 4 is 0 Å². The van der Waals surface area contributed by atoms with E-state index in [1.165, 1.54) is 12.1 Å². The highest BCUT2D eigenvalue weighted by atomic mass is 19.4. The highest BCUT2D eigenvalue weighted by molar-refractivity contribution is 5.29. The summed E-state index contributed by atoms with van der Waals surface area (Å²) >= 11 is 0. The summed E-state index contributed by atoms with van der Waals surface area (Å²) < 4.78 is 44.1. The predicted molar refractivity (Wildman–Crippen MR) is 78.1 cm³/mol. The molecule has 0 radical (unpaired) electrons. The standard InChI is InChI=1S/C16H24F3NO/c1-5-9-20-14(15(21-4)11(2)3)12-7-6-8-13(10-12)16(17,18)19/h6-8,10-11,14-15,20H,5,9H2,1-4H3. The molecule has 1 N–H and O–H groups in total. The van der Waals surface area contributed by atoms with Gasteiger partial charge in [0.2, 0.25) is 0 Å². The lowest BCUT2D eigenvalue weighted by molar-refractivity contribution is -0.137. The van der Waals surface area contributed by atoms with Gasteiger partial charge in [0.25, 0.3) is 0 Å². The van der Waals surface area contributed by atoms with Crippen LogP contribution in [0.4, 0.5) is 13.2 Å². The molecule has 2 unspecified atom stereocenters. The number of benzene rings is 1. The SMILES string of the molecule is CCCNC(c1cccc(C(F)(F)F)c1)C(OC)C(C)C. The molecule has 1 aromatic rings. The molecule has 21 heavy (non-hydrogen) atoms. The van der Waals surface area contributed by atoms with Crippen molar-refractivity contribution in [2.75, 3.05) is 13.7 Å². The van der Waals surface area contributed by atoms with Gasteiger partial charge in [0.1, 0.15) is 0 Å². The third kappa shape index (κ3) is 5.00. The normalized spacial score (nSPS) is 15.2. The van der Waals surface area contributed by atoms with Crippen molar-refractivity contribution in [3.05, 3.63) is 35.4 Å². The second kappa shape index (κ2) is 7.80. The maximum absolute atomic E-state index is 12.9. The van der Waals surface area contributed by atoms with Gasteiger partial charge in [-0.25, -0.2) is 0 Å².